The highest BCUT2D eigenvalue weighted by molar-refractivity contribution is 7.38. The fourth-order valence-electron chi connectivity index (χ4n) is 1.74. The second kappa shape index (κ2) is 4.64. The van der Waals surface area contributed by atoms with Crippen LogP contribution in [0.4, 0.5) is 13.2 Å². The minimum absolute atomic E-state index is 0.234. The van der Waals surface area contributed by atoms with Crippen LogP contribution in [0.1, 0.15) is 16.0 Å². The van der Waals surface area contributed by atoms with E-state index in [1.165, 1.54) is 22.7 Å². The molecule has 0 aliphatic heterocycles. The number of aliphatic hydroxyl groups is 1. The zero-order chi connectivity index (χ0) is 14.4. The van der Waals surface area contributed by atoms with Crippen molar-refractivity contribution in [1.82, 2.24) is 0 Å². The lowest BCUT2D eigenvalue weighted by Gasteiger charge is -2.02. The van der Waals surface area contributed by atoms with Crippen molar-refractivity contribution in [3.05, 3.63) is 27.5 Å². The first kappa shape index (κ1) is 14.1. The number of ketones is 1. The van der Waals surface area contributed by atoms with Crippen molar-refractivity contribution in [3.63, 3.8) is 0 Å². The van der Waals surface area contributed by atoms with Gasteiger partial charge in [0.05, 0.1) is 8.89 Å². The number of hydrogen-bond donors (Lipinski definition) is 1. The van der Waals surface area contributed by atoms with Crippen molar-refractivity contribution >= 4 is 43.6 Å². The Morgan fingerprint density at radius 1 is 1.37 bits per heavy atom. The normalized spacial score (nSPS) is 13.2. The summed E-state index contributed by atoms with van der Waals surface area (Å²) >= 11 is 2.65. The largest absolute Gasteiger partial charge is 0.506 e. The van der Waals surface area contributed by atoms with Crippen molar-refractivity contribution < 1.29 is 23.1 Å². The Labute approximate surface area is 114 Å². The molecule has 0 saturated heterocycles. The number of alkyl halides is 3. The fraction of sp³-hybridized carbons (Fsp3) is 0.250. The fourth-order valence-corrected chi connectivity index (χ4v) is 4.18. The Kier molecular flexibility index (Phi) is 3.44. The van der Waals surface area contributed by atoms with Crippen LogP contribution in [0.25, 0.3) is 15.2 Å². The van der Waals surface area contributed by atoms with Crippen molar-refractivity contribution in [3.8, 4) is 0 Å². The van der Waals surface area contributed by atoms with E-state index in [0.717, 1.165) is 15.0 Å². The van der Waals surface area contributed by atoms with Gasteiger partial charge in [0.25, 0.3) is 5.78 Å². The van der Waals surface area contributed by atoms with E-state index in [9.17, 15) is 23.1 Å². The third-order valence-corrected chi connectivity index (χ3v) is 5.17. The summed E-state index contributed by atoms with van der Waals surface area (Å²) in [5, 5.41) is 12.6. The highest BCUT2D eigenvalue weighted by Gasteiger charge is 2.37. The third kappa shape index (κ3) is 2.52. The van der Waals surface area contributed by atoms with Crippen LogP contribution in [-0.2, 0) is 4.79 Å². The number of rotatable bonds is 2. The second-order valence-electron chi connectivity index (χ2n) is 4.03. The lowest BCUT2D eigenvalue weighted by molar-refractivity contribution is -0.165. The molecule has 0 amide bonds. The molecule has 7 heteroatoms. The molecule has 2 aromatic heterocycles. The van der Waals surface area contributed by atoms with E-state index in [0.29, 0.717) is 10.4 Å². The molecular weight excluding hydrogens is 297 g/mol. The van der Waals surface area contributed by atoms with Gasteiger partial charge < -0.3 is 5.11 Å². The predicted octanol–water partition coefficient (Wildman–Crippen LogP) is 4.61. The number of hydrogen-bond acceptors (Lipinski definition) is 4. The molecule has 0 aliphatic carbocycles. The predicted molar refractivity (Wildman–Crippen MR) is 70.8 cm³/mol. The second-order valence-corrected chi connectivity index (χ2v) is 6.19. The molecule has 0 atom stereocenters. The molecule has 0 fully saturated rings. The van der Waals surface area contributed by atoms with E-state index in [4.69, 9.17) is 0 Å². The highest BCUT2D eigenvalue weighted by Crippen LogP contribution is 2.40. The summed E-state index contributed by atoms with van der Waals surface area (Å²) in [5.41, 5.74) is 1.71. The number of aryl methyl sites for hydroxylation is 2. The minimum Gasteiger partial charge on any atom is -0.506 e. The number of allylic oxidation sites excluding steroid dienone is 1. The van der Waals surface area contributed by atoms with E-state index in [-0.39, 0.29) is 6.08 Å². The number of aliphatic hydroxyl groups excluding tert-OH is 1. The maximum absolute atomic E-state index is 12.1. The average Bonchev–Trinajstić information content (AvgIpc) is 2.79. The molecule has 19 heavy (non-hydrogen) atoms. The summed E-state index contributed by atoms with van der Waals surface area (Å²) < 4.78 is 37.3. The van der Waals surface area contributed by atoms with Gasteiger partial charge in [0.1, 0.15) is 5.76 Å². The molecule has 0 unspecified atom stereocenters. The molecule has 2 aromatic rings. The van der Waals surface area contributed by atoms with Gasteiger partial charge in [-0.05, 0) is 30.4 Å². The van der Waals surface area contributed by atoms with Gasteiger partial charge in [-0.25, -0.2) is 0 Å². The summed E-state index contributed by atoms with van der Waals surface area (Å²) in [7, 11) is 0. The molecule has 1 N–H and O–H groups in total. The molecule has 102 valence electrons. The summed E-state index contributed by atoms with van der Waals surface area (Å²) in [6.07, 6.45) is -4.73. The lowest BCUT2D eigenvalue weighted by atomic mass is 10.1. The van der Waals surface area contributed by atoms with Crippen molar-refractivity contribution in [2.75, 3.05) is 0 Å². The van der Waals surface area contributed by atoms with Gasteiger partial charge in [-0.1, -0.05) is 0 Å². The van der Waals surface area contributed by atoms with Gasteiger partial charge in [-0.2, -0.15) is 13.2 Å². The Balaban J connectivity index is 2.47. The Hall–Kier alpha value is -1.34. The zero-order valence-electron chi connectivity index (χ0n) is 9.96. The van der Waals surface area contributed by atoms with Gasteiger partial charge in [0.2, 0.25) is 0 Å². The van der Waals surface area contributed by atoms with Gasteiger partial charge in [0.15, 0.2) is 0 Å². The van der Waals surface area contributed by atoms with E-state index in [1.54, 1.807) is 6.92 Å². The van der Waals surface area contributed by atoms with Crippen LogP contribution in [0.15, 0.2) is 11.5 Å². The maximum Gasteiger partial charge on any atom is 0.454 e. The number of carbonyl (C=O) groups excluding carboxylic acids is 1. The van der Waals surface area contributed by atoms with E-state index >= 15 is 0 Å². The SMILES string of the molecule is Cc1csc2sc(/C(O)=C/C(=O)C(F)(F)F)c(C)c12. The third-order valence-electron chi connectivity index (χ3n) is 2.63. The molecule has 0 radical (unpaired) electrons. The molecule has 2 heterocycles. The van der Waals surface area contributed by atoms with Crippen LogP contribution in [0, 0.1) is 13.8 Å². The van der Waals surface area contributed by atoms with Crippen LogP contribution >= 0.6 is 22.7 Å². The van der Waals surface area contributed by atoms with Crippen LogP contribution in [0.5, 0.6) is 0 Å². The lowest BCUT2D eigenvalue weighted by Crippen LogP contribution is -2.20. The Bertz CT molecular complexity index is 677. The molecule has 2 nitrogen and oxygen atoms in total. The van der Waals surface area contributed by atoms with Crippen molar-refractivity contribution in [2.24, 2.45) is 0 Å². The van der Waals surface area contributed by atoms with Gasteiger partial charge in [-0.3, -0.25) is 4.79 Å². The molecule has 0 spiro atoms. The topological polar surface area (TPSA) is 37.3 Å². The molecule has 0 saturated carbocycles. The monoisotopic (exact) mass is 306 g/mol. The summed E-state index contributed by atoms with van der Waals surface area (Å²) in [5.74, 6) is -2.69. The number of carbonyl (C=O) groups is 1. The van der Waals surface area contributed by atoms with Crippen molar-refractivity contribution in [1.29, 1.82) is 0 Å². The Morgan fingerprint density at radius 3 is 2.53 bits per heavy atom. The van der Waals surface area contributed by atoms with E-state index in [2.05, 4.69) is 0 Å². The quantitative estimate of drug-likeness (QED) is 0.650. The average molecular weight is 306 g/mol. The molecular formula is C12H9F3O2S2. The maximum atomic E-state index is 12.1. The smallest absolute Gasteiger partial charge is 0.454 e. The minimum atomic E-state index is -4.97. The number of thiophene rings is 2. The molecule has 2 rings (SSSR count). The van der Waals surface area contributed by atoms with Crippen molar-refractivity contribution in [2.45, 2.75) is 20.0 Å². The van der Waals surface area contributed by atoms with Crippen LogP contribution in [-0.4, -0.2) is 17.1 Å². The first-order valence-electron chi connectivity index (χ1n) is 5.21. The molecule has 0 bridgehead atoms. The van der Waals surface area contributed by atoms with Crippen LogP contribution in [0.2, 0.25) is 0 Å². The van der Waals surface area contributed by atoms with Gasteiger partial charge >= 0.3 is 6.18 Å². The Morgan fingerprint density at radius 2 is 2.00 bits per heavy atom. The first-order chi connectivity index (χ1) is 8.71. The van der Waals surface area contributed by atoms with Gasteiger partial charge in [-0.15, -0.1) is 22.7 Å². The summed E-state index contributed by atoms with van der Waals surface area (Å²) in [4.78, 5) is 11.1. The first-order valence-corrected chi connectivity index (χ1v) is 6.90. The van der Waals surface area contributed by atoms with Gasteiger partial charge in [0, 0.05) is 11.5 Å². The highest BCUT2D eigenvalue weighted by atomic mass is 32.2. The zero-order valence-corrected chi connectivity index (χ0v) is 11.6. The van der Waals surface area contributed by atoms with E-state index < -0.39 is 17.7 Å². The summed E-state index contributed by atoms with van der Waals surface area (Å²) in [6.45, 7) is 3.61. The molecule has 0 aromatic carbocycles. The van der Waals surface area contributed by atoms with E-state index in [1.807, 2.05) is 12.3 Å². The number of fused-ring (bicyclic) bond motifs is 1. The van der Waals surface area contributed by atoms with Crippen LogP contribution < -0.4 is 0 Å². The standard InChI is InChI=1S/C12H9F3O2S2/c1-5-4-18-11-9(5)6(2)10(19-11)7(16)3-8(17)12(13,14)15/h3-4,16H,1-2H3/b7-3-. The number of halogens is 3. The molecule has 0 aliphatic rings. The summed E-state index contributed by atoms with van der Waals surface area (Å²) in [6, 6.07) is 0. The van der Waals surface area contributed by atoms with Crippen LogP contribution in [0.3, 0.4) is 0 Å².